The number of carbonyl (C=O) groups excluding carboxylic acids is 1. The van der Waals surface area contributed by atoms with E-state index in [0.717, 1.165) is 12.8 Å². The Morgan fingerprint density at radius 2 is 1.93 bits per heavy atom. The molecule has 0 amide bonds. The van der Waals surface area contributed by atoms with E-state index in [-0.39, 0.29) is 16.7 Å². The van der Waals surface area contributed by atoms with E-state index >= 15 is 0 Å². The molecule has 84 valence electrons. The van der Waals surface area contributed by atoms with Gasteiger partial charge in [0.05, 0.1) is 0 Å². The lowest BCUT2D eigenvalue weighted by molar-refractivity contribution is -0.132. The van der Waals surface area contributed by atoms with Gasteiger partial charge in [0.1, 0.15) is 5.78 Å². The highest BCUT2D eigenvalue weighted by molar-refractivity contribution is 5.91. The number of hydrogen-bond acceptors (Lipinski definition) is 1. The van der Waals surface area contributed by atoms with E-state index in [0.29, 0.717) is 5.78 Å². The molecule has 0 radical (unpaired) electrons. The number of fused-ring (bicyclic) bond motifs is 1. The monoisotopic (exact) mass is 206 g/mol. The molecule has 0 aromatic rings. The maximum absolute atomic E-state index is 12.3. The average molecular weight is 206 g/mol. The molecular weight excluding hydrogens is 184 g/mol. The summed E-state index contributed by atoms with van der Waals surface area (Å²) in [5.41, 5.74) is 1.52. The summed E-state index contributed by atoms with van der Waals surface area (Å²) in [7, 11) is 0. The van der Waals surface area contributed by atoms with Gasteiger partial charge in [-0.05, 0) is 31.6 Å². The number of Topliss-reactive ketones (excluding diaryl/α,β-unsaturated/α-hetero) is 1. The highest BCUT2D eigenvalue weighted by atomic mass is 16.1. The summed E-state index contributed by atoms with van der Waals surface area (Å²) >= 11 is 0. The van der Waals surface area contributed by atoms with Crippen LogP contribution in [0.25, 0.3) is 0 Å². The van der Waals surface area contributed by atoms with E-state index in [4.69, 9.17) is 0 Å². The van der Waals surface area contributed by atoms with E-state index in [1.54, 1.807) is 0 Å². The molecule has 15 heavy (non-hydrogen) atoms. The minimum atomic E-state index is -0.139. The van der Waals surface area contributed by atoms with Crippen LogP contribution < -0.4 is 0 Å². The van der Waals surface area contributed by atoms with Gasteiger partial charge in [0.2, 0.25) is 0 Å². The number of carbonyl (C=O) groups is 1. The first-order chi connectivity index (χ1) is 6.88. The Labute approximate surface area is 92.9 Å². The Morgan fingerprint density at radius 3 is 2.60 bits per heavy atom. The van der Waals surface area contributed by atoms with Crippen LogP contribution >= 0.6 is 0 Å². The molecule has 2 rings (SSSR count). The second-order valence-electron chi connectivity index (χ2n) is 6.19. The zero-order valence-corrected chi connectivity index (χ0v) is 10.4. The predicted octanol–water partition coefficient (Wildman–Crippen LogP) is 3.74. The first kappa shape index (κ1) is 10.9. The number of hydrogen-bond donors (Lipinski definition) is 0. The van der Waals surface area contributed by atoms with Gasteiger partial charge in [-0.15, -0.1) is 0 Å². The maximum Gasteiger partial charge on any atom is 0.145 e. The van der Waals surface area contributed by atoms with E-state index < -0.39 is 0 Å². The first-order valence-electron chi connectivity index (χ1n) is 6.13. The third-order valence-corrected chi connectivity index (χ3v) is 4.47. The fraction of sp³-hybridized carbons (Fsp3) is 0.786. The van der Waals surface area contributed by atoms with Crippen LogP contribution in [-0.4, -0.2) is 5.78 Å². The molecule has 1 fully saturated rings. The van der Waals surface area contributed by atoms with E-state index in [1.165, 1.54) is 18.4 Å². The fourth-order valence-electron chi connectivity index (χ4n) is 3.60. The van der Waals surface area contributed by atoms with Crippen molar-refractivity contribution in [3.05, 3.63) is 11.6 Å². The van der Waals surface area contributed by atoms with E-state index in [1.807, 2.05) is 0 Å². The van der Waals surface area contributed by atoms with Gasteiger partial charge in [0.15, 0.2) is 0 Å². The smallest absolute Gasteiger partial charge is 0.145 e. The Hall–Kier alpha value is -0.590. The number of ketones is 1. The van der Waals surface area contributed by atoms with Gasteiger partial charge in [-0.2, -0.15) is 0 Å². The third kappa shape index (κ3) is 1.47. The minimum absolute atomic E-state index is 0.139. The largest absolute Gasteiger partial charge is 0.298 e. The van der Waals surface area contributed by atoms with Crippen molar-refractivity contribution in [2.24, 2.45) is 16.7 Å². The summed E-state index contributed by atoms with van der Waals surface area (Å²) < 4.78 is 0. The van der Waals surface area contributed by atoms with Crippen molar-refractivity contribution < 1.29 is 4.79 Å². The second kappa shape index (κ2) is 3.20. The highest BCUT2D eigenvalue weighted by Gasteiger charge is 2.48. The standard InChI is InChI=1S/C14H22O/c1-10-6-7-11-13(2,3)8-5-9-14(11,4)12(10)15/h7,10H,5-6,8-9H2,1-4H3/t10-,14-/m1/s1. The van der Waals surface area contributed by atoms with Crippen LogP contribution in [0.4, 0.5) is 0 Å². The van der Waals surface area contributed by atoms with Crippen molar-refractivity contribution in [1.29, 1.82) is 0 Å². The van der Waals surface area contributed by atoms with Gasteiger partial charge in [-0.3, -0.25) is 4.79 Å². The Morgan fingerprint density at radius 1 is 1.27 bits per heavy atom. The molecule has 2 atom stereocenters. The van der Waals surface area contributed by atoms with Crippen LogP contribution in [0, 0.1) is 16.7 Å². The maximum atomic E-state index is 12.3. The average Bonchev–Trinajstić information content (AvgIpc) is 2.12. The van der Waals surface area contributed by atoms with Crippen molar-refractivity contribution >= 4 is 5.78 Å². The molecule has 0 aromatic heterocycles. The summed E-state index contributed by atoms with van der Waals surface area (Å²) in [4.78, 5) is 12.3. The molecular formula is C14H22O. The lowest BCUT2D eigenvalue weighted by Crippen LogP contribution is -2.44. The summed E-state index contributed by atoms with van der Waals surface area (Å²) in [6, 6.07) is 0. The van der Waals surface area contributed by atoms with Crippen LogP contribution in [0.5, 0.6) is 0 Å². The van der Waals surface area contributed by atoms with Crippen LogP contribution in [0.15, 0.2) is 11.6 Å². The molecule has 1 nitrogen and oxygen atoms in total. The van der Waals surface area contributed by atoms with Crippen molar-refractivity contribution in [1.82, 2.24) is 0 Å². The lowest BCUT2D eigenvalue weighted by Gasteiger charge is -2.48. The Kier molecular flexibility index (Phi) is 2.33. The molecule has 2 aliphatic carbocycles. The normalized spacial score (nSPS) is 39.6. The fourth-order valence-corrected chi connectivity index (χ4v) is 3.60. The number of rotatable bonds is 0. The van der Waals surface area contributed by atoms with Gasteiger partial charge >= 0.3 is 0 Å². The molecule has 0 spiro atoms. The predicted molar refractivity (Wildman–Crippen MR) is 62.6 cm³/mol. The van der Waals surface area contributed by atoms with Crippen molar-refractivity contribution in [2.45, 2.75) is 53.4 Å². The lowest BCUT2D eigenvalue weighted by atomic mass is 9.55. The van der Waals surface area contributed by atoms with E-state index in [2.05, 4.69) is 33.8 Å². The van der Waals surface area contributed by atoms with Crippen molar-refractivity contribution in [2.75, 3.05) is 0 Å². The molecule has 0 aliphatic heterocycles. The van der Waals surface area contributed by atoms with Crippen molar-refractivity contribution in [3.63, 3.8) is 0 Å². The Bertz CT molecular complexity index is 324. The SMILES string of the molecule is C[C@@H]1CC=C2C(C)(C)CCC[C@@]2(C)C1=O. The summed E-state index contributed by atoms with van der Waals surface area (Å²) in [5, 5.41) is 0. The topological polar surface area (TPSA) is 17.1 Å². The summed E-state index contributed by atoms with van der Waals surface area (Å²) in [6.07, 6.45) is 6.79. The molecule has 1 saturated carbocycles. The zero-order chi connectivity index (χ0) is 11.3. The van der Waals surface area contributed by atoms with Gasteiger partial charge in [0, 0.05) is 11.3 Å². The second-order valence-corrected chi connectivity index (χ2v) is 6.19. The van der Waals surface area contributed by atoms with Crippen LogP contribution in [0.1, 0.15) is 53.4 Å². The minimum Gasteiger partial charge on any atom is -0.298 e. The number of allylic oxidation sites excluding steroid dienone is 2. The highest BCUT2D eigenvalue weighted by Crippen LogP contribution is 2.54. The quantitative estimate of drug-likeness (QED) is 0.552. The molecule has 0 bridgehead atoms. The summed E-state index contributed by atoms with van der Waals surface area (Å²) in [6.45, 7) is 8.82. The first-order valence-corrected chi connectivity index (χ1v) is 6.13. The van der Waals surface area contributed by atoms with Gasteiger partial charge in [-0.25, -0.2) is 0 Å². The zero-order valence-electron chi connectivity index (χ0n) is 10.4. The molecule has 0 saturated heterocycles. The van der Waals surface area contributed by atoms with Gasteiger partial charge in [0.25, 0.3) is 0 Å². The van der Waals surface area contributed by atoms with Crippen LogP contribution in [-0.2, 0) is 4.79 Å². The van der Waals surface area contributed by atoms with Crippen LogP contribution in [0.2, 0.25) is 0 Å². The molecule has 0 unspecified atom stereocenters. The molecule has 1 heteroatoms. The van der Waals surface area contributed by atoms with Gasteiger partial charge < -0.3 is 0 Å². The van der Waals surface area contributed by atoms with Crippen molar-refractivity contribution in [3.8, 4) is 0 Å². The van der Waals surface area contributed by atoms with Gasteiger partial charge in [-0.1, -0.05) is 38.8 Å². The van der Waals surface area contributed by atoms with Crippen LogP contribution in [0.3, 0.4) is 0 Å². The molecule has 0 heterocycles. The molecule has 0 N–H and O–H groups in total. The Balaban J connectivity index is 2.47. The summed E-state index contributed by atoms with van der Waals surface area (Å²) in [5.74, 6) is 0.709. The molecule has 0 aromatic carbocycles. The molecule has 2 aliphatic rings. The van der Waals surface area contributed by atoms with E-state index in [9.17, 15) is 4.79 Å². The third-order valence-electron chi connectivity index (χ3n) is 4.47.